The highest BCUT2D eigenvalue weighted by Crippen LogP contribution is 2.30. The lowest BCUT2D eigenvalue weighted by atomic mass is 10.0. The van der Waals surface area contributed by atoms with E-state index in [4.69, 9.17) is 9.47 Å². The lowest BCUT2D eigenvalue weighted by Gasteiger charge is -2.24. The molecule has 2 N–H and O–H groups in total. The number of rotatable bonds is 3. The van der Waals surface area contributed by atoms with E-state index in [0.717, 1.165) is 12.1 Å². The van der Waals surface area contributed by atoms with Crippen molar-refractivity contribution in [3.8, 4) is 11.5 Å². The number of benzene rings is 1. The maximum atomic E-state index is 11.7. The molecular formula is C12H16N2O3. The van der Waals surface area contributed by atoms with Gasteiger partial charge in [0.15, 0.2) is 11.5 Å². The minimum absolute atomic E-state index is 0.0107. The molecule has 1 saturated heterocycles. The number of ether oxygens (including phenoxy) is 2. The SMILES string of the molecule is COc1ccc([C@@H]2NCCNC2=O)cc1OC. The van der Waals surface area contributed by atoms with E-state index in [2.05, 4.69) is 10.6 Å². The molecule has 2 rings (SSSR count). The lowest BCUT2D eigenvalue weighted by Crippen LogP contribution is -2.47. The number of methoxy groups -OCH3 is 2. The molecule has 5 nitrogen and oxygen atoms in total. The summed E-state index contributed by atoms with van der Waals surface area (Å²) in [6.07, 6.45) is 0. The maximum Gasteiger partial charge on any atom is 0.241 e. The molecule has 5 heteroatoms. The van der Waals surface area contributed by atoms with Gasteiger partial charge in [0.1, 0.15) is 6.04 Å². The van der Waals surface area contributed by atoms with Crippen LogP contribution in [-0.2, 0) is 4.79 Å². The van der Waals surface area contributed by atoms with Crippen molar-refractivity contribution in [2.75, 3.05) is 27.3 Å². The van der Waals surface area contributed by atoms with Crippen LogP contribution in [0.25, 0.3) is 0 Å². The molecule has 0 unspecified atom stereocenters. The van der Waals surface area contributed by atoms with E-state index in [9.17, 15) is 4.79 Å². The largest absolute Gasteiger partial charge is 0.493 e. The Balaban J connectivity index is 2.29. The molecule has 0 saturated carbocycles. The summed E-state index contributed by atoms with van der Waals surface area (Å²) < 4.78 is 10.4. The van der Waals surface area contributed by atoms with Crippen molar-refractivity contribution in [1.29, 1.82) is 0 Å². The predicted molar refractivity (Wildman–Crippen MR) is 63.3 cm³/mol. The van der Waals surface area contributed by atoms with Crippen molar-refractivity contribution in [2.24, 2.45) is 0 Å². The summed E-state index contributed by atoms with van der Waals surface area (Å²) in [4.78, 5) is 11.7. The van der Waals surface area contributed by atoms with Crippen molar-refractivity contribution in [3.05, 3.63) is 23.8 Å². The van der Waals surface area contributed by atoms with Crippen LogP contribution in [0, 0.1) is 0 Å². The Labute approximate surface area is 100 Å². The zero-order chi connectivity index (χ0) is 12.3. The van der Waals surface area contributed by atoms with E-state index >= 15 is 0 Å². The summed E-state index contributed by atoms with van der Waals surface area (Å²) in [6.45, 7) is 1.44. The van der Waals surface area contributed by atoms with E-state index in [-0.39, 0.29) is 11.9 Å². The number of hydrogen-bond acceptors (Lipinski definition) is 4. The van der Waals surface area contributed by atoms with Crippen LogP contribution < -0.4 is 20.1 Å². The van der Waals surface area contributed by atoms with Crippen LogP contribution in [0.1, 0.15) is 11.6 Å². The van der Waals surface area contributed by atoms with Gasteiger partial charge in [-0.15, -0.1) is 0 Å². The predicted octanol–water partition coefficient (Wildman–Crippen LogP) is 0.464. The van der Waals surface area contributed by atoms with Gasteiger partial charge < -0.3 is 20.1 Å². The molecule has 0 spiro atoms. The van der Waals surface area contributed by atoms with Gasteiger partial charge in [-0.05, 0) is 17.7 Å². The van der Waals surface area contributed by atoms with Crippen LogP contribution in [0.2, 0.25) is 0 Å². The van der Waals surface area contributed by atoms with Gasteiger partial charge in [-0.3, -0.25) is 4.79 Å². The Morgan fingerprint density at radius 3 is 2.59 bits per heavy atom. The number of nitrogens with one attached hydrogen (secondary N) is 2. The van der Waals surface area contributed by atoms with Gasteiger partial charge in [-0.1, -0.05) is 6.07 Å². The van der Waals surface area contributed by atoms with Crippen molar-refractivity contribution in [2.45, 2.75) is 6.04 Å². The third kappa shape index (κ3) is 2.34. The number of hydrogen-bond donors (Lipinski definition) is 2. The fourth-order valence-corrected chi connectivity index (χ4v) is 1.90. The van der Waals surface area contributed by atoms with Crippen LogP contribution in [0.3, 0.4) is 0 Å². The zero-order valence-corrected chi connectivity index (χ0v) is 9.95. The molecule has 1 amide bonds. The van der Waals surface area contributed by atoms with Gasteiger partial charge >= 0.3 is 0 Å². The molecule has 92 valence electrons. The van der Waals surface area contributed by atoms with Gasteiger partial charge in [0, 0.05) is 13.1 Å². The van der Waals surface area contributed by atoms with Gasteiger partial charge in [0.2, 0.25) is 5.91 Å². The van der Waals surface area contributed by atoms with E-state index < -0.39 is 0 Å². The fourth-order valence-electron chi connectivity index (χ4n) is 1.90. The highest BCUT2D eigenvalue weighted by Gasteiger charge is 2.24. The van der Waals surface area contributed by atoms with Gasteiger partial charge in [-0.25, -0.2) is 0 Å². The van der Waals surface area contributed by atoms with Crippen LogP contribution in [0.15, 0.2) is 18.2 Å². The van der Waals surface area contributed by atoms with E-state index in [1.165, 1.54) is 0 Å². The molecular weight excluding hydrogens is 220 g/mol. The molecule has 1 aliphatic rings. The quantitative estimate of drug-likeness (QED) is 0.800. The summed E-state index contributed by atoms with van der Waals surface area (Å²) in [6, 6.07) is 5.17. The molecule has 0 bridgehead atoms. The van der Waals surface area contributed by atoms with Crippen LogP contribution in [0.5, 0.6) is 11.5 Å². The highest BCUT2D eigenvalue weighted by molar-refractivity contribution is 5.84. The standard InChI is InChI=1S/C12H16N2O3/c1-16-9-4-3-8(7-10(9)17-2)11-12(15)14-6-5-13-11/h3-4,7,11,13H,5-6H2,1-2H3,(H,14,15)/t11-/m0/s1. The summed E-state index contributed by atoms with van der Waals surface area (Å²) in [5.41, 5.74) is 0.875. The molecule has 1 atom stereocenters. The second kappa shape index (κ2) is 5.05. The van der Waals surface area contributed by atoms with Crippen LogP contribution in [0.4, 0.5) is 0 Å². The zero-order valence-electron chi connectivity index (χ0n) is 9.95. The number of piperazine rings is 1. The van der Waals surface area contributed by atoms with E-state index in [0.29, 0.717) is 18.0 Å². The molecule has 1 aromatic rings. The normalized spacial score (nSPS) is 19.6. The molecule has 17 heavy (non-hydrogen) atoms. The third-order valence-electron chi connectivity index (χ3n) is 2.78. The maximum absolute atomic E-state index is 11.7. The number of carbonyl (C=O) groups is 1. The first-order valence-corrected chi connectivity index (χ1v) is 5.49. The van der Waals surface area contributed by atoms with Crippen molar-refractivity contribution >= 4 is 5.91 Å². The van der Waals surface area contributed by atoms with Crippen molar-refractivity contribution in [1.82, 2.24) is 10.6 Å². The Hall–Kier alpha value is -1.75. The summed E-state index contributed by atoms with van der Waals surface area (Å²) >= 11 is 0. The molecule has 1 heterocycles. The minimum atomic E-state index is -0.316. The average Bonchev–Trinajstić information content (AvgIpc) is 2.38. The Bertz CT molecular complexity index is 420. The average molecular weight is 236 g/mol. The number of amides is 1. The van der Waals surface area contributed by atoms with Crippen LogP contribution >= 0.6 is 0 Å². The van der Waals surface area contributed by atoms with E-state index in [1.807, 2.05) is 12.1 Å². The Morgan fingerprint density at radius 2 is 1.94 bits per heavy atom. The Morgan fingerprint density at radius 1 is 1.18 bits per heavy atom. The summed E-state index contributed by atoms with van der Waals surface area (Å²) in [7, 11) is 3.17. The molecule has 0 aromatic heterocycles. The monoisotopic (exact) mass is 236 g/mol. The first-order chi connectivity index (χ1) is 8.26. The first-order valence-electron chi connectivity index (χ1n) is 5.49. The van der Waals surface area contributed by atoms with Gasteiger partial charge in [0.25, 0.3) is 0 Å². The smallest absolute Gasteiger partial charge is 0.241 e. The molecule has 0 radical (unpaired) electrons. The molecule has 1 aromatic carbocycles. The molecule has 0 aliphatic carbocycles. The topological polar surface area (TPSA) is 59.6 Å². The van der Waals surface area contributed by atoms with Gasteiger partial charge in [-0.2, -0.15) is 0 Å². The second-order valence-electron chi connectivity index (χ2n) is 3.79. The Kier molecular flexibility index (Phi) is 3.49. The second-order valence-corrected chi connectivity index (χ2v) is 3.79. The first kappa shape index (κ1) is 11.7. The van der Waals surface area contributed by atoms with Crippen LogP contribution in [-0.4, -0.2) is 33.2 Å². The summed E-state index contributed by atoms with van der Waals surface area (Å²) in [5, 5.41) is 5.99. The number of carbonyl (C=O) groups excluding carboxylic acids is 1. The minimum Gasteiger partial charge on any atom is -0.493 e. The molecule has 1 fully saturated rings. The van der Waals surface area contributed by atoms with Gasteiger partial charge in [0.05, 0.1) is 14.2 Å². The van der Waals surface area contributed by atoms with Crippen molar-refractivity contribution in [3.63, 3.8) is 0 Å². The molecule has 1 aliphatic heterocycles. The highest BCUT2D eigenvalue weighted by atomic mass is 16.5. The lowest BCUT2D eigenvalue weighted by molar-refractivity contribution is -0.124. The third-order valence-corrected chi connectivity index (χ3v) is 2.78. The summed E-state index contributed by atoms with van der Waals surface area (Å²) in [5.74, 6) is 1.28. The fraction of sp³-hybridized carbons (Fsp3) is 0.417. The van der Waals surface area contributed by atoms with E-state index in [1.54, 1.807) is 20.3 Å². The van der Waals surface area contributed by atoms with Crippen molar-refractivity contribution < 1.29 is 14.3 Å².